The average molecular weight is 583 g/mol. The van der Waals surface area contributed by atoms with Crippen molar-refractivity contribution in [3.05, 3.63) is 143 Å². The van der Waals surface area contributed by atoms with E-state index in [4.69, 9.17) is 0 Å². The van der Waals surface area contributed by atoms with Gasteiger partial charge >= 0.3 is 0 Å². The van der Waals surface area contributed by atoms with Crippen molar-refractivity contribution in [3.8, 4) is 11.3 Å². The number of hydrogen-bond donors (Lipinski definition) is 0. The standard InChI is InChI=1S/C36H34N6O2/c1-40-24-29(23-38-40)15-18-35(43)42(25-28-13-16-31(17-14-28)33-12-7-20-37-39-33)34(22-27-8-3-2-4-9-27)36(44)41-21-19-30-10-5-6-11-32(30)26-41/h2-18,20,23-24,34H,19,21-22,25-26H2,1H3/t34-/m0/s1. The summed E-state index contributed by atoms with van der Waals surface area (Å²) < 4.78 is 1.69. The third-order valence-electron chi connectivity index (χ3n) is 7.98. The van der Waals surface area contributed by atoms with Gasteiger partial charge in [0.2, 0.25) is 11.8 Å². The van der Waals surface area contributed by atoms with Crippen LogP contribution in [0, 0.1) is 0 Å². The van der Waals surface area contributed by atoms with Crippen molar-refractivity contribution >= 4 is 17.9 Å². The molecule has 8 nitrogen and oxygen atoms in total. The first-order valence-electron chi connectivity index (χ1n) is 14.8. The summed E-state index contributed by atoms with van der Waals surface area (Å²) in [7, 11) is 1.83. The van der Waals surface area contributed by atoms with E-state index in [0.717, 1.165) is 39.9 Å². The molecule has 1 aliphatic heterocycles. The van der Waals surface area contributed by atoms with Gasteiger partial charge in [0.1, 0.15) is 6.04 Å². The molecule has 8 heteroatoms. The molecule has 2 amide bonds. The van der Waals surface area contributed by atoms with Crippen molar-refractivity contribution in [2.24, 2.45) is 7.05 Å². The van der Waals surface area contributed by atoms with Crippen molar-refractivity contribution in [2.75, 3.05) is 6.54 Å². The molecule has 220 valence electrons. The van der Waals surface area contributed by atoms with Gasteiger partial charge < -0.3 is 9.80 Å². The Balaban J connectivity index is 1.34. The van der Waals surface area contributed by atoms with Crippen LogP contribution in [0.2, 0.25) is 0 Å². The molecule has 0 bridgehead atoms. The van der Waals surface area contributed by atoms with Crippen LogP contribution in [0.25, 0.3) is 17.3 Å². The fraction of sp³-hybridized carbons (Fsp3) is 0.194. The van der Waals surface area contributed by atoms with E-state index in [9.17, 15) is 9.59 Å². The first-order chi connectivity index (χ1) is 21.5. The Bertz CT molecular complexity index is 1750. The SMILES string of the molecule is Cn1cc(C=CC(=O)N(Cc2ccc(-c3cccnn3)cc2)[C@@H](Cc2ccccc2)C(=O)N2CCc3ccccc3C2)cn1. The lowest BCUT2D eigenvalue weighted by Gasteiger charge is -2.37. The van der Waals surface area contributed by atoms with Gasteiger partial charge in [-0.15, -0.1) is 0 Å². The number of benzene rings is 3. The summed E-state index contributed by atoms with van der Waals surface area (Å²) in [5, 5.41) is 12.4. The predicted molar refractivity (Wildman–Crippen MR) is 170 cm³/mol. The molecule has 44 heavy (non-hydrogen) atoms. The molecular formula is C36H34N6O2. The molecule has 0 aliphatic carbocycles. The fourth-order valence-electron chi connectivity index (χ4n) is 5.63. The first-order valence-corrected chi connectivity index (χ1v) is 14.8. The van der Waals surface area contributed by atoms with E-state index in [1.165, 1.54) is 5.56 Å². The van der Waals surface area contributed by atoms with Crippen LogP contribution in [-0.4, -0.2) is 54.2 Å². The second kappa shape index (κ2) is 13.3. The van der Waals surface area contributed by atoms with Crippen LogP contribution in [0.5, 0.6) is 0 Å². The van der Waals surface area contributed by atoms with Crippen molar-refractivity contribution < 1.29 is 9.59 Å². The molecule has 0 saturated heterocycles. The van der Waals surface area contributed by atoms with Gasteiger partial charge in [0.05, 0.1) is 11.9 Å². The lowest BCUT2D eigenvalue weighted by atomic mass is 9.97. The van der Waals surface area contributed by atoms with Gasteiger partial charge in [0.15, 0.2) is 0 Å². The highest BCUT2D eigenvalue weighted by Gasteiger charge is 2.34. The van der Waals surface area contributed by atoms with Crippen LogP contribution in [0.1, 0.15) is 27.8 Å². The number of amides is 2. The molecule has 3 aromatic carbocycles. The Kier molecular flexibility index (Phi) is 8.68. The Morgan fingerprint density at radius 1 is 0.909 bits per heavy atom. The van der Waals surface area contributed by atoms with Crippen LogP contribution in [0.15, 0.2) is 116 Å². The molecule has 0 spiro atoms. The van der Waals surface area contributed by atoms with E-state index in [2.05, 4.69) is 27.4 Å². The molecular weight excluding hydrogens is 548 g/mol. The monoisotopic (exact) mass is 582 g/mol. The lowest BCUT2D eigenvalue weighted by Crippen LogP contribution is -2.52. The van der Waals surface area contributed by atoms with Crippen LogP contribution in [0.3, 0.4) is 0 Å². The van der Waals surface area contributed by atoms with E-state index >= 15 is 0 Å². The number of carbonyl (C=O) groups excluding carboxylic acids is 2. The number of hydrogen-bond acceptors (Lipinski definition) is 5. The molecule has 3 heterocycles. The first kappa shape index (κ1) is 28.7. The van der Waals surface area contributed by atoms with Gasteiger partial charge in [-0.25, -0.2) is 0 Å². The third-order valence-corrected chi connectivity index (χ3v) is 7.98. The smallest absolute Gasteiger partial charge is 0.247 e. The quantitative estimate of drug-likeness (QED) is 0.226. The van der Waals surface area contributed by atoms with Crippen molar-refractivity contribution in [1.82, 2.24) is 29.8 Å². The molecule has 1 atom stereocenters. The number of aromatic nitrogens is 4. The van der Waals surface area contributed by atoms with Gasteiger partial charge in [0, 0.05) is 62.7 Å². The maximum absolute atomic E-state index is 14.4. The summed E-state index contributed by atoms with van der Waals surface area (Å²) in [6, 6.07) is 29.1. The minimum absolute atomic E-state index is 0.0531. The summed E-state index contributed by atoms with van der Waals surface area (Å²) in [4.78, 5) is 32.1. The second-order valence-corrected chi connectivity index (χ2v) is 11.0. The highest BCUT2D eigenvalue weighted by Crippen LogP contribution is 2.24. The van der Waals surface area contributed by atoms with Gasteiger partial charge in [-0.3, -0.25) is 14.3 Å². The molecule has 5 aromatic rings. The van der Waals surface area contributed by atoms with Crippen LogP contribution in [-0.2, 0) is 42.6 Å². The highest BCUT2D eigenvalue weighted by molar-refractivity contribution is 5.95. The Morgan fingerprint density at radius 3 is 2.41 bits per heavy atom. The number of rotatable bonds is 9. The topological polar surface area (TPSA) is 84.2 Å². The van der Waals surface area contributed by atoms with Crippen LogP contribution < -0.4 is 0 Å². The molecule has 6 rings (SSSR count). The number of aryl methyl sites for hydroxylation is 1. The molecule has 0 N–H and O–H groups in total. The van der Waals surface area contributed by atoms with Crippen LogP contribution >= 0.6 is 0 Å². The van der Waals surface area contributed by atoms with E-state index in [-0.39, 0.29) is 18.4 Å². The Morgan fingerprint density at radius 2 is 1.68 bits per heavy atom. The normalized spacial score (nSPS) is 13.4. The van der Waals surface area contributed by atoms with Gasteiger partial charge in [0.25, 0.3) is 0 Å². The minimum Gasteiger partial charge on any atom is -0.336 e. The molecule has 0 radical (unpaired) electrons. The molecule has 0 fully saturated rings. The van der Waals surface area contributed by atoms with E-state index in [1.54, 1.807) is 34.1 Å². The van der Waals surface area contributed by atoms with Crippen LogP contribution in [0.4, 0.5) is 0 Å². The van der Waals surface area contributed by atoms with Crippen molar-refractivity contribution in [3.63, 3.8) is 0 Å². The zero-order valence-corrected chi connectivity index (χ0v) is 24.7. The third kappa shape index (κ3) is 6.81. The van der Waals surface area contributed by atoms with Crippen molar-refractivity contribution in [1.29, 1.82) is 0 Å². The zero-order chi connectivity index (χ0) is 30.3. The van der Waals surface area contributed by atoms with Crippen molar-refractivity contribution in [2.45, 2.75) is 32.0 Å². The summed E-state index contributed by atoms with van der Waals surface area (Å²) in [5.74, 6) is -0.291. The highest BCUT2D eigenvalue weighted by atomic mass is 16.2. The number of carbonyl (C=O) groups is 2. The molecule has 0 unspecified atom stereocenters. The average Bonchev–Trinajstić information content (AvgIpc) is 3.50. The molecule has 1 aliphatic rings. The lowest BCUT2D eigenvalue weighted by molar-refractivity contribution is -0.144. The second-order valence-electron chi connectivity index (χ2n) is 11.0. The summed E-state index contributed by atoms with van der Waals surface area (Å²) in [6.45, 7) is 1.41. The maximum Gasteiger partial charge on any atom is 0.247 e. The fourth-order valence-corrected chi connectivity index (χ4v) is 5.63. The molecule has 0 saturated carbocycles. The summed E-state index contributed by atoms with van der Waals surface area (Å²) >= 11 is 0. The van der Waals surface area contributed by atoms with E-state index in [0.29, 0.717) is 19.5 Å². The zero-order valence-electron chi connectivity index (χ0n) is 24.7. The largest absolute Gasteiger partial charge is 0.336 e. The Hall–Kier alpha value is -5.37. The van der Waals surface area contributed by atoms with E-state index < -0.39 is 6.04 Å². The predicted octanol–water partition coefficient (Wildman–Crippen LogP) is 5.12. The Labute approximate surface area is 257 Å². The summed E-state index contributed by atoms with van der Waals surface area (Å²) in [6.07, 6.45) is 9.68. The van der Waals surface area contributed by atoms with Gasteiger partial charge in [-0.1, -0.05) is 78.9 Å². The summed E-state index contributed by atoms with van der Waals surface area (Å²) in [5.41, 5.74) is 6.85. The molecule has 2 aromatic heterocycles. The van der Waals surface area contributed by atoms with Gasteiger partial charge in [-0.05, 0) is 46.9 Å². The number of fused-ring (bicyclic) bond motifs is 1. The number of nitrogens with zero attached hydrogens (tertiary/aromatic N) is 6. The van der Waals surface area contributed by atoms with E-state index in [1.807, 2.05) is 97.0 Å². The van der Waals surface area contributed by atoms with Gasteiger partial charge in [-0.2, -0.15) is 15.3 Å². The maximum atomic E-state index is 14.4. The minimum atomic E-state index is -0.701.